The summed E-state index contributed by atoms with van der Waals surface area (Å²) < 4.78 is 13.0. The molecule has 1 atom stereocenters. The van der Waals surface area contributed by atoms with Gasteiger partial charge in [-0.25, -0.2) is 9.79 Å². The number of carbonyl (C=O) groups is 1. The van der Waals surface area contributed by atoms with Crippen molar-refractivity contribution in [3.8, 4) is 5.75 Å². The molecule has 5 rings (SSSR count). The van der Waals surface area contributed by atoms with Crippen LogP contribution < -0.4 is 19.6 Å². The van der Waals surface area contributed by atoms with Gasteiger partial charge >= 0.3 is 5.97 Å². The average Bonchev–Trinajstić information content (AvgIpc) is 3.17. The topological polar surface area (TPSA) is 82.8 Å². The summed E-state index contributed by atoms with van der Waals surface area (Å²) in [5.74, 6) is 0.204. The number of fused-ring (bicyclic) bond motifs is 2. The third-order valence-corrected chi connectivity index (χ3v) is 6.92. The van der Waals surface area contributed by atoms with Crippen LogP contribution in [-0.2, 0) is 9.53 Å². The molecule has 3 heterocycles. The van der Waals surface area contributed by atoms with Gasteiger partial charge in [0.15, 0.2) is 4.80 Å². The molecule has 0 aliphatic carbocycles. The van der Waals surface area contributed by atoms with E-state index in [0.717, 1.165) is 21.9 Å². The summed E-state index contributed by atoms with van der Waals surface area (Å²) in [5, 5.41) is 1.86. The number of allylic oxidation sites excluding steroid dienone is 1. The fourth-order valence-corrected chi connectivity index (χ4v) is 5.38. The van der Waals surface area contributed by atoms with E-state index in [0.29, 0.717) is 26.4 Å². The van der Waals surface area contributed by atoms with Gasteiger partial charge in [-0.1, -0.05) is 35.6 Å². The average molecular weight is 486 g/mol. The smallest absolute Gasteiger partial charge is 0.338 e. The van der Waals surface area contributed by atoms with E-state index in [9.17, 15) is 9.59 Å². The van der Waals surface area contributed by atoms with Crippen molar-refractivity contribution in [1.29, 1.82) is 0 Å². The summed E-state index contributed by atoms with van der Waals surface area (Å²) in [6, 6.07) is 14.6. The van der Waals surface area contributed by atoms with Crippen LogP contribution in [0.2, 0.25) is 0 Å². The van der Waals surface area contributed by atoms with Crippen LogP contribution in [0.15, 0.2) is 82.0 Å². The van der Waals surface area contributed by atoms with Crippen LogP contribution in [0.25, 0.3) is 16.8 Å². The lowest BCUT2D eigenvalue weighted by atomic mass is 9.91. The van der Waals surface area contributed by atoms with E-state index in [4.69, 9.17) is 9.47 Å². The molecule has 2 aromatic heterocycles. The summed E-state index contributed by atoms with van der Waals surface area (Å²) in [5.41, 5.74) is 2.33. The summed E-state index contributed by atoms with van der Waals surface area (Å²) in [6.07, 6.45) is 5.18. The van der Waals surface area contributed by atoms with Gasteiger partial charge in [0.05, 0.1) is 35.6 Å². The second-order valence-electron chi connectivity index (χ2n) is 8.02. The Bertz CT molecular complexity index is 1650. The molecule has 4 aromatic rings. The van der Waals surface area contributed by atoms with Crippen molar-refractivity contribution >= 4 is 34.2 Å². The SMILES string of the molecule is CCOC(=O)C1=C(C)N=c2sc(=Cc3ccncc3)c(=O)n2C1c1cccc2ccc(OC)cc12. The second kappa shape index (κ2) is 9.31. The Labute approximate surface area is 205 Å². The molecule has 176 valence electrons. The zero-order valence-electron chi connectivity index (χ0n) is 19.5. The number of esters is 1. The maximum absolute atomic E-state index is 13.8. The third-order valence-electron chi connectivity index (χ3n) is 5.94. The van der Waals surface area contributed by atoms with Crippen molar-refractivity contribution in [2.45, 2.75) is 19.9 Å². The maximum atomic E-state index is 13.8. The fourth-order valence-electron chi connectivity index (χ4n) is 4.34. The molecule has 0 saturated carbocycles. The number of hydrogen-bond acceptors (Lipinski definition) is 7. The number of ether oxygens (including phenoxy) is 2. The Kier molecular flexibility index (Phi) is 6.05. The highest BCUT2D eigenvalue weighted by Gasteiger charge is 2.34. The molecular weight excluding hydrogens is 462 g/mol. The van der Waals surface area contributed by atoms with E-state index < -0.39 is 12.0 Å². The highest BCUT2D eigenvalue weighted by Crippen LogP contribution is 2.36. The Balaban J connectivity index is 1.82. The lowest BCUT2D eigenvalue weighted by Crippen LogP contribution is -2.40. The number of carbonyl (C=O) groups excluding carboxylic acids is 1. The molecule has 0 N–H and O–H groups in total. The van der Waals surface area contributed by atoms with Crippen molar-refractivity contribution in [2.75, 3.05) is 13.7 Å². The lowest BCUT2D eigenvalue weighted by molar-refractivity contribution is -0.139. The largest absolute Gasteiger partial charge is 0.497 e. The first kappa shape index (κ1) is 22.7. The predicted molar refractivity (Wildman–Crippen MR) is 135 cm³/mol. The van der Waals surface area contributed by atoms with Gasteiger partial charge in [0.2, 0.25) is 0 Å². The first-order chi connectivity index (χ1) is 17.0. The lowest BCUT2D eigenvalue weighted by Gasteiger charge is -2.26. The summed E-state index contributed by atoms with van der Waals surface area (Å²) in [7, 11) is 1.61. The molecule has 0 fully saturated rings. The van der Waals surface area contributed by atoms with Crippen LogP contribution in [0.5, 0.6) is 5.75 Å². The summed E-state index contributed by atoms with van der Waals surface area (Å²) >= 11 is 1.30. The number of methoxy groups -OCH3 is 1. The molecule has 2 aromatic carbocycles. The maximum Gasteiger partial charge on any atom is 0.338 e. The second-order valence-corrected chi connectivity index (χ2v) is 9.03. The number of nitrogens with zero attached hydrogens (tertiary/aromatic N) is 3. The van der Waals surface area contributed by atoms with Crippen LogP contribution in [-0.4, -0.2) is 29.2 Å². The van der Waals surface area contributed by atoms with Gasteiger partial charge in [-0.3, -0.25) is 14.3 Å². The summed E-state index contributed by atoms with van der Waals surface area (Å²) in [6.45, 7) is 3.76. The number of hydrogen-bond donors (Lipinski definition) is 0. The molecule has 0 amide bonds. The van der Waals surface area contributed by atoms with Crippen LogP contribution in [0.3, 0.4) is 0 Å². The van der Waals surface area contributed by atoms with Gasteiger partial charge < -0.3 is 9.47 Å². The molecule has 8 heteroatoms. The van der Waals surface area contributed by atoms with Crippen LogP contribution in [0.4, 0.5) is 0 Å². The molecule has 0 bridgehead atoms. The van der Waals surface area contributed by atoms with Crippen molar-refractivity contribution in [1.82, 2.24) is 9.55 Å². The van der Waals surface area contributed by atoms with Crippen LogP contribution in [0, 0.1) is 0 Å². The van der Waals surface area contributed by atoms with Crippen molar-refractivity contribution < 1.29 is 14.3 Å². The standard InChI is InChI=1S/C27H23N3O4S/c1-4-34-26(32)23-16(2)29-27-30(25(31)22(35-27)14-17-10-12-28-13-11-17)24(23)20-7-5-6-18-8-9-19(33-3)15-21(18)20/h5-15,24H,4H2,1-3H3. The van der Waals surface area contributed by atoms with Gasteiger partial charge in [0, 0.05) is 12.4 Å². The number of benzene rings is 2. The van der Waals surface area contributed by atoms with E-state index >= 15 is 0 Å². The van der Waals surface area contributed by atoms with E-state index in [-0.39, 0.29) is 12.2 Å². The molecule has 1 unspecified atom stereocenters. The first-order valence-electron chi connectivity index (χ1n) is 11.2. The quantitative estimate of drug-likeness (QED) is 0.405. The minimum atomic E-state index is -0.694. The number of aromatic nitrogens is 2. The Morgan fingerprint density at radius 3 is 2.71 bits per heavy atom. The van der Waals surface area contributed by atoms with Gasteiger partial charge in [-0.2, -0.15) is 0 Å². The number of thiazole rings is 1. The first-order valence-corrected chi connectivity index (χ1v) is 12.0. The molecule has 0 saturated heterocycles. The molecular formula is C27H23N3O4S. The zero-order chi connectivity index (χ0) is 24.5. The zero-order valence-corrected chi connectivity index (χ0v) is 20.3. The van der Waals surface area contributed by atoms with Crippen LogP contribution in [0.1, 0.15) is 31.0 Å². The molecule has 0 spiro atoms. The van der Waals surface area contributed by atoms with E-state index in [2.05, 4.69) is 9.98 Å². The van der Waals surface area contributed by atoms with E-state index in [1.165, 1.54) is 11.3 Å². The highest BCUT2D eigenvalue weighted by molar-refractivity contribution is 7.07. The van der Waals surface area contributed by atoms with Crippen molar-refractivity contribution in [3.63, 3.8) is 0 Å². The Hall–Kier alpha value is -4.04. The normalized spacial score (nSPS) is 15.6. The Morgan fingerprint density at radius 1 is 1.17 bits per heavy atom. The number of rotatable bonds is 5. The third kappa shape index (κ3) is 4.06. The minimum Gasteiger partial charge on any atom is -0.497 e. The minimum absolute atomic E-state index is 0.218. The molecule has 1 aliphatic heterocycles. The van der Waals surface area contributed by atoms with Gasteiger partial charge in [-0.05, 0) is 66.1 Å². The van der Waals surface area contributed by atoms with Gasteiger partial charge in [0.25, 0.3) is 5.56 Å². The van der Waals surface area contributed by atoms with Crippen LogP contribution >= 0.6 is 11.3 Å². The van der Waals surface area contributed by atoms with E-state index in [1.807, 2.05) is 54.6 Å². The monoisotopic (exact) mass is 485 g/mol. The number of pyridine rings is 1. The molecule has 7 nitrogen and oxygen atoms in total. The predicted octanol–water partition coefficient (Wildman–Crippen LogP) is 3.36. The van der Waals surface area contributed by atoms with E-state index in [1.54, 1.807) is 37.9 Å². The van der Waals surface area contributed by atoms with Crippen molar-refractivity contribution in [2.24, 2.45) is 4.99 Å². The fraction of sp³-hybridized carbons (Fsp3) is 0.185. The molecule has 1 aliphatic rings. The van der Waals surface area contributed by atoms with Crippen molar-refractivity contribution in [3.05, 3.63) is 103 Å². The molecule has 0 radical (unpaired) electrons. The Morgan fingerprint density at radius 2 is 1.97 bits per heavy atom. The van der Waals surface area contributed by atoms with Gasteiger partial charge in [0.1, 0.15) is 5.75 Å². The summed E-state index contributed by atoms with van der Waals surface area (Å²) in [4.78, 5) is 36.2. The molecule has 35 heavy (non-hydrogen) atoms. The van der Waals surface area contributed by atoms with Gasteiger partial charge in [-0.15, -0.1) is 0 Å². The highest BCUT2D eigenvalue weighted by atomic mass is 32.1.